The Bertz CT molecular complexity index is 550. The molecule has 2 unspecified atom stereocenters. The first kappa shape index (κ1) is 19.4. The number of nitrogens with one attached hydrogen (secondary N) is 1. The number of benzene rings is 1. The fourth-order valence-electron chi connectivity index (χ4n) is 2.15. The molecule has 8 nitrogen and oxygen atoms in total. The summed E-state index contributed by atoms with van der Waals surface area (Å²) in [5.41, 5.74) is 16.9. The summed E-state index contributed by atoms with van der Waals surface area (Å²) in [6.45, 7) is 0.155. The monoisotopic (exact) mass is 336 g/mol. The molecule has 0 aliphatic rings. The molecule has 0 saturated carbocycles. The molecule has 2 atom stereocenters. The maximum Gasteiger partial charge on any atom is 0.404 e. The maximum atomic E-state index is 12.1. The van der Waals surface area contributed by atoms with E-state index in [1.807, 2.05) is 30.3 Å². The molecule has 1 aromatic rings. The number of unbranched alkanes of at least 4 members (excludes halogenated alkanes) is 1. The van der Waals surface area contributed by atoms with Gasteiger partial charge in [-0.2, -0.15) is 0 Å². The Morgan fingerprint density at radius 2 is 1.75 bits per heavy atom. The molecule has 0 aromatic heterocycles. The quantitative estimate of drug-likeness (QED) is 0.436. The Morgan fingerprint density at radius 3 is 2.33 bits per heavy atom. The largest absolute Gasteiger partial charge is 0.450 e. The van der Waals surface area contributed by atoms with Crippen molar-refractivity contribution in [1.29, 1.82) is 0 Å². The molecule has 7 N–H and O–H groups in total. The van der Waals surface area contributed by atoms with Gasteiger partial charge in [0, 0.05) is 0 Å². The van der Waals surface area contributed by atoms with E-state index in [-0.39, 0.29) is 6.61 Å². The summed E-state index contributed by atoms with van der Waals surface area (Å²) in [5.74, 6) is -1.07. The first-order valence-electron chi connectivity index (χ1n) is 7.71. The van der Waals surface area contributed by atoms with E-state index >= 15 is 0 Å². The number of carbonyl (C=O) groups excluding carboxylic acids is 3. The number of hydrogen-bond acceptors (Lipinski definition) is 5. The molecule has 0 fully saturated rings. The van der Waals surface area contributed by atoms with Gasteiger partial charge in [0.1, 0.15) is 6.04 Å². The van der Waals surface area contributed by atoms with Crippen LogP contribution in [0.3, 0.4) is 0 Å². The maximum absolute atomic E-state index is 12.1. The van der Waals surface area contributed by atoms with Gasteiger partial charge >= 0.3 is 6.09 Å². The molecule has 1 aromatic carbocycles. The molecule has 132 valence electrons. The first-order chi connectivity index (χ1) is 11.4. The predicted molar refractivity (Wildman–Crippen MR) is 88.6 cm³/mol. The lowest BCUT2D eigenvalue weighted by Crippen LogP contribution is -2.51. The third-order valence-corrected chi connectivity index (χ3v) is 3.43. The molecule has 8 heteroatoms. The Kier molecular flexibility index (Phi) is 8.28. The fraction of sp³-hybridized carbons (Fsp3) is 0.438. The molecule has 0 aliphatic carbocycles. The van der Waals surface area contributed by atoms with E-state index in [1.165, 1.54) is 0 Å². The predicted octanol–water partition coefficient (Wildman–Crippen LogP) is -0.208. The Balaban J connectivity index is 2.41. The second-order valence-electron chi connectivity index (χ2n) is 5.42. The lowest BCUT2D eigenvalue weighted by molar-refractivity contribution is -0.128. The van der Waals surface area contributed by atoms with E-state index in [0.717, 1.165) is 5.56 Å². The number of rotatable bonds is 10. The zero-order chi connectivity index (χ0) is 17.9. The minimum Gasteiger partial charge on any atom is -0.450 e. The lowest BCUT2D eigenvalue weighted by Gasteiger charge is -2.18. The molecule has 0 aliphatic heterocycles. The minimum absolute atomic E-state index is 0.155. The zero-order valence-corrected chi connectivity index (χ0v) is 13.4. The van der Waals surface area contributed by atoms with Crippen molar-refractivity contribution in [3.05, 3.63) is 35.9 Å². The van der Waals surface area contributed by atoms with Crippen molar-refractivity contribution in [2.75, 3.05) is 6.61 Å². The van der Waals surface area contributed by atoms with Gasteiger partial charge in [-0.1, -0.05) is 30.3 Å². The molecule has 0 radical (unpaired) electrons. The van der Waals surface area contributed by atoms with Gasteiger partial charge in [0.15, 0.2) is 0 Å². The minimum atomic E-state index is -0.846. The number of ether oxygens (including phenoxy) is 1. The van der Waals surface area contributed by atoms with Crippen LogP contribution in [0.1, 0.15) is 24.8 Å². The Morgan fingerprint density at radius 1 is 1.08 bits per heavy atom. The van der Waals surface area contributed by atoms with Gasteiger partial charge in [-0.05, 0) is 31.2 Å². The number of hydrogen-bond donors (Lipinski definition) is 4. The van der Waals surface area contributed by atoms with Crippen molar-refractivity contribution in [3.8, 4) is 0 Å². The second-order valence-corrected chi connectivity index (χ2v) is 5.42. The smallest absolute Gasteiger partial charge is 0.404 e. The average Bonchev–Trinajstić information content (AvgIpc) is 2.53. The van der Waals surface area contributed by atoms with Gasteiger partial charge in [-0.15, -0.1) is 0 Å². The van der Waals surface area contributed by atoms with Gasteiger partial charge in [0.05, 0.1) is 12.6 Å². The summed E-state index contributed by atoms with van der Waals surface area (Å²) < 4.78 is 4.59. The summed E-state index contributed by atoms with van der Waals surface area (Å²) in [4.78, 5) is 34.0. The van der Waals surface area contributed by atoms with Crippen LogP contribution in [0.25, 0.3) is 0 Å². The number of primary amides is 2. The van der Waals surface area contributed by atoms with Crippen LogP contribution >= 0.6 is 0 Å². The zero-order valence-electron chi connectivity index (χ0n) is 13.4. The van der Waals surface area contributed by atoms with E-state index in [1.54, 1.807) is 0 Å². The van der Waals surface area contributed by atoms with Crippen LogP contribution in [-0.2, 0) is 20.7 Å². The van der Waals surface area contributed by atoms with E-state index in [2.05, 4.69) is 10.1 Å². The molecule has 0 heterocycles. The van der Waals surface area contributed by atoms with Crippen LogP contribution in [0.2, 0.25) is 0 Å². The van der Waals surface area contributed by atoms with Crippen LogP contribution in [0, 0.1) is 0 Å². The van der Waals surface area contributed by atoms with Gasteiger partial charge in [0.25, 0.3) is 0 Å². The van der Waals surface area contributed by atoms with E-state index in [9.17, 15) is 14.4 Å². The second kappa shape index (κ2) is 10.2. The van der Waals surface area contributed by atoms with Crippen molar-refractivity contribution in [2.45, 2.75) is 37.8 Å². The average molecular weight is 336 g/mol. The summed E-state index contributed by atoms with van der Waals surface area (Å²) in [5, 5.41) is 2.57. The standard InChI is InChI=1S/C16H24N4O4/c17-12(10-11-6-2-1-3-7-11)15(22)20-13(14(18)21)8-4-5-9-24-16(19)23/h1-3,6-7,12-13H,4-5,8-10,17H2,(H2,18,21)(H2,19,23)(H,20,22). The molecule has 1 rings (SSSR count). The van der Waals surface area contributed by atoms with Crippen LogP contribution in [0.15, 0.2) is 30.3 Å². The molecule has 0 saturated heterocycles. The fourth-order valence-corrected chi connectivity index (χ4v) is 2.15. The van der Waals surface area contributed by atoms with E-state index in [0.29, 0.717) is 25.7 Å². The lowest BCUT2D eigenvalue weighted by atomic mass is 10.0. The van der Waals surface area contributed by atoms with Crippen LogP contribution in [0.5, 0.6) is 0 Å². The van der Waals surface area contributed by atoms with Gasteiger partial charge < -0.3 is 27.3 Å². The summed E-state index contributed by atoms with van der Waals surface area (Å²) in [7, 11) is 0. The summed E-state index contributed by atoms with van der Waals surface area (Å²) in [6, 6.07) is 7.76. The normalized spacial score (nSPS) is 12.9. The van der Waals surface area contributed by atoms with Crippen molar-refractivity contribution in [1.82, 2.24) is 5.32 Å². The van der Waals surface area contributed by atoms with Gasteiger partial charge in [-0.3, -0.25) is 9.59 Å². The van der Waals surface area contributed by atoms with Crippen LogP contribution in [0.4, 0.5) is 4.79 Å². The topological polar surface area (TPSA) is 151 Å². The SMILES string of the molecule is NC(=O)OCCCCC(NC(=O)C(N)Cc1ccccc1)C(N)=O. The Hall–Kier alpha value is -2.61. The molecule has 0 bridgehead atoms. The first-order valence-corrected chi connectivity index (χ1v) is 7.71. The molecule has 24 heavy (non-hydrogen) atoms. The summed E-state index contributed by atoms with van der Waals surface area (Å²) in [6.07, 6.45) is 0.904. The Labute approximate surface area is 140 Å². The van der Waals surface area contributed by atoms with Crippen molar-refractivity contribution >= 4 is 17.9 Å². The molecular weight excluding hydrogens is 312 g/mol. The van der Waals surface area contributed by atoms with Crippen molar-refractivity contribution < 1.29 is 19.1 Å². The summed E-state index contributed by atoms with van der Waals surface area (Å²) >= 11 is 0. The third-order valence-electron chi connectivity index (χ3n) is 3.43. The highest BCUT2D eigenvalue weighted by atomic mass is 16.5. The molecule has 3 amide bonds. The molecule has 0 spiro atoms. The third kappa shape index (κ3) is 7.59. The number of nitrogens with two attached hydrogens (primary N) is 3. The van der Waals surface area contributed by atoms with Crippen LogP contribution in [-0.4, -0.2) is 36.6 Å². The van der Waals surface area contributed by atoms with E-state index < -0.39 is 30.0 Å². The van der Waals surface area contributed by atoms with Gasteiger partial charge in [-0.25, -0.2) is 4.79 Å². The van der Waals surface area contributed by atoms with Crippen molar-refractivity contribution in [2.24, 2.45) is 17.2 Å². The highest BCUT2D eigenvalue weighted by molar-refractivity contribution is 5.89. The van der Waals surface area contributed by atoms with Gasteiger partial charge in [0.2, 0.25) is 11.8 Å². The highest BCUT2D eigenvalue weighted by Gasteiger charge is 2.21. The number of carbonyl (C=O) groups is 3. The van der Waals surface area contributed by atoms with Crippen LogP contribution < -0.4 is 22.5 Å². The van der Waals surface area contributed by atoms with E-state index in [4.69, 9.17) is 17.2 Å². The highest BCUT2D eigenvalue weighted by Crippen LogP contribution is 2.05. The van der Waals surface area contributed by atoms with Crippen molar-refractivity contribution in [3.63, 3.8) is 0 Å². The molecular formula is C16H24N4O4. The number of amides is 3.